The Labute approximate surface area is 138 Å². The summed E-state index contributed by atoms with van der Waals surface area (Å²) < 4.78 is 9.56. The van der Waals surface area contributed by atoms with Crippen molar-refractivity contribution in [1.82, 2.24) is 0 Å². The molecular weight excluding hydrogens is 300 g/mol. The molecule has 0 radical (unpaired) electrons. The van der Waals surface area contributed by atoms with Crippen molar-refractivity contribution in [3.8, 4) is 0 Å². The minimum Gasteiger partial charge on any atom is -0.481 e. The van der Waals surface area contributed by atoms with Gasteiger partial charge in [0, 0.05) is 19.3 Å². The van der Waals surface area contributed by atoms with Crippen LogP contribution >= 0.6 is 0 Å². The minimum atomic E-state index is -0.725. The van der Waals surface area contributed by atoms with Crippen molar-refractivity contribution in [1.29, 1.82) is 0 Å². The van der Waals surface area contributed by atoms with Gasteiger partial charge in [-0.05, 0) is 19.3 Å². The highest BCUT2D eigenvalue weighted by molar-refractivity contribution is 5.70. The van der Waals surface area contributed by atoms with Gasteiger partial charge in [-0.3, -0.25) is 14.4 Å². The van der Waals surface area contributed by atoms with Gasteiger partial charge in [0.15, 0.2) is 0 Å². The lowest BCUT2D eigenvalue weighted by atomic mass is 10.1. The number of rotatable bonds is 15. The molecule has 0 aromatic heterocycles. The molecule has 1 N–H and O–H groups in total. The maximum absolute atomic E-state index is 11.4. The lowest BCUT2D eigenvalue weighted by molar-refractivity contribution is -0.167. The molecule has 0 aliphatic heterocycles. The highest BCUT2D eigenvalue weighted by Crippen LogP contribution is 2.11. The van der Waals surface area contributed by atoms with Gasteiger partial charge in [0.05, 0.1) is 0 Å². The number of ether oxygens (including phenoxy) is 2. The van der Waals surface area contributed by atoms with Crippen LogP contribution in [0.3, 0.4) is 0 Å². The minimum absolute atomic E-state index is 0.260. The van der Waals surface area contributed by atoms with Gasteiger partial charge in [-0.1, -0.05) is 45.4 Å². The van der Waals surface area contributed by atoms with E-state index in [1.165, 1.54) is 0 Å². The summed E-state index contributed by atoms with van der Waals surface area (Å²) in [6, 6.07) is 0. The molecule has 0 aromatic rings. The molecule has 0 saturated heterocycles. The summed E-state index contributed by atoms with van der Waals surface area (Å²) in [6.07, 6.45) is 9.49. The van der Waals surface area contributed by atoms with E-state index in [2.05, 4.69) is 0 Å². The lowest BCUT2D eigenvalue weighted by Crippen LogP contribution is -2.12. The smallest absolute Gasteiger partial charge is 0.308 e. The third-order valence-electron chi connectivity index (χ3n) is 3.42. The zero-order valence-electron chi connectivity index (χ0n) is 14.2. The van der Waals surface area contributed by atoms with Crippen LogP contribution in [0.25, 0.3) is 0 Å². The Morgan fingerprint density at radius 2 is 1.13 bits per heavy atom. The van der Waals surface area contributed by atoms with Gasteiger partial charge in [-0.2, -0.15) is 0 Å². The van der Waals surface area contributed by atoms with E-state index in [1.807, 2.05) is 6.92 Å². The number of carbonyl (C=O) groups is 3. The van der Waals surface area contributed by atoms with Crippen LogP contribution < -0.4 is 0 Å². The quantitative estimate of drug-likeness (QED) is 0.279. The van der Waals surface area contributed by atoms with E-state index >= 15 is 0 Å². The molecule has 0 atom stereocenters. The van der Waals surface area contributed by atoms with Crippen molar-refractivity contribution in [2.24, 2.45) is 0 Å². The second-order valence-electron chi connectivity index (χ2n) is 5.62. The summed E-state index contributed by atoms with van der Waals surface area (Å²) in [5.74, 6) is -1.40. The van der Waals surface area contributed by atoms with Crippen molar-refractivity contribution in [2.75, 3.05) is 6.79 Å². The van der Waals surface area contributed by atoms with Crippen molar-refractivity contribution in [2.45, 2.75) is 84.0 Å². The monoisotopic (exact) mass is 330 g/mol. The van der Waals surface area contributed by atoms with Crippen LogP contribution in [0.4, 0.5) is 0 Å². The van der Waals surface area contributed by atoms with Gasteiger partial charge >= 0.3 is 17.9 Å². The number of unbranched alkanes of at least 4 members (excludes halogenated alkanes) is 7. The van der Waals surface area contributed by atoms with Crippen LogP contribution in [0, 0.1) is 0 Å². The van der Waals surface area contributed by atoms with Gasteiger partial charge in [0.25, 0.3) is 0 Å². The molecule has 0 aliphatic rings. The van der Waals surface area contributed by atoms with E-state index < -0.39 is 5.97 Å². The molecule has 0 amide bonds. The first-order valence-corrected chi connectivity index (χ1v) is 8.59. The predicted molar refractivity (Wildman–Crippen MR) is 85.8 cm³/mol. The number of esters is 2. The number of aliphatic carboxylic acids is 1. The molecular formula is C17H30O6. The maximum atomic E-state index is 11.4. The van der Waals surface area contributed by atoms with E-state index in [0.717, 1.165) is 51.4 Å². The standard InChI is InChI=1S/C17H30O6/c1-2-11-16(20)22-14-23-17(21)13-10-8-6-4-3-5-7-9-12-15(18)19/h2-14H2,1H3,(H,18,19). The van der Waals surface area contributed by atoms with Gasteiger partial charge < -0.3 is 14.6 Å². The van der Waals surface area contributed by atoms with Gasteiger partial charge in [0.2, 0.25) is 6.79 Å². The number of carboxylic acids is 1. The number of hydrogen-bond acceptors (Lipinski definition) is 5. The fourth-order valence-corrected chi connectivity index (χ4v) is 2.12. The second kappa shape index (κ2) is 15.3. The summed E-state index contributed by atoms with van der Waals surface area (Å²) in [7, 11) is 0. The Balaban J connectivity index is 3.26. The van der Waals surface area contributed by atoms with Gasteiger partial charge in [-0.25, -0.2) is 0 Å². The summed E-state index contributed by atoms with van der Waals surface area (Å²) in [5.41, 5.74) is 0. The molecule has 0 aromatic carbocycles. The van der Waals surface area contributed by atoms with E-state index in [-0.39, 0.29) is 25.2 Å². The second-order valence-corrected chi connectivity index (χ2v) is 5.62. The molecule has 6 nitrogen and oxygen atoms in total. The Kier molecular flexibility index (Phi) is 14.3. The predicted octanol–water partition coefficient (Wildman–Crippen LogP) is 3.82. The first-order chi connectivity index (χ1) is 11.1. The highest BCUT2D eigenvalue weighted by Gasteiger charge is 2.05. The molecule has 23 heavy (non-hydrogen) atoms. The molecule has 0 fully saturated rings. The molecule has 0 aliphatic carbocycles. The SMILES string of the molecule is CCCC(=O)OCOC(=O)CCCCCCCCCCC(=O)O. The average Bonchev–Trinajstić information content (AvgIpc) is 2.49. The highest BCUT2D eigenvalue weighted by atomic mass is 16.7. The zero-order valence-corrected chi connectivity index (χ0v) is 14.2. The Morgan fingerprint density at radius 3 is 1.61 bits per heavy atom. The van der Waals surface area contributed by atoms with Crippen LogP contribution in [0.2, 0.25) is 0 Å². The maximum Gasteiger partial charge on any atom is 0.308 e. The summed E-state index contributed by atoms with van der Waals surface area (Å²) in [4.78, 5) is 32.8. The van der Waals surface area contributed by atoms with Crippen LogP contribution in [0.1, 0.15) is 84.0 Å². The fraction of sp³-hybridized carbons (Fsp3) is 0.824. The van der Waals surface area contributed by atoms with Gasteiger partial charge in [0.1, 0.15) is 0 Å². The summed E-state index contributed by atoms with van der Waals surface area (Å²) in [5, 5.41) is 8.50. The molecule has 0 heterocycles. The van der Waals surface area contributed by atoms with Crippen LogP contribution in [-0.2, 0) is 23.9 Å². The molecule has 0 unspecified atom stereocenters. The van der Waals surface area contributed by atoms with Crippen LogP contribution in [0.15, 0.2) is 0 Å². The molecule has 0 rings (SSSR count). The molecule has 0 bridgehead atoms. The number of hydrogen-bond donors (Lipinski definition) is 1. The zero-order chi connectivity index (χ0) is 17.3. The van der Waals surface area contributed by atoms with E-state index in [0.29, 0.717) is 19.3 Å². The van der Waals surface area contributed by atoms with Crippen molar-refractivity contribution < 1.29 is 29.0 Å². The number of carbonyl (C=O) groups excluding carboxylic acids is 2. The average molecular weight is 330 g/mol. The normalized spacial score (nSPS) is 10.3. The van der Waals surface area contributed by atoms with Crippen molar-refractivity contribution >= 4 is 17.9 Å². The first-order valence-electron chi connectivity index (χ1n) is 8.59. The number of carboxylic acid groups (broad SMARTS) is 1. The van der Waals surface area contributed by atoms with Crippen LogP contribution in [0.5, 0.6) is 0 Å². The summed E-state index contributed by atoms with van der Waals surface area (Å²) in [6.45, 7) is 1.59. The largest absolute Gasteiger partial charge is 0.481 e. The van der Waals surface area contributed by atoms with Crippen molar-refractivity contribution in [3.63, 3.8) is 0 Å². The first kappa shape index (κ1) is 21.4. The topological polar surface area (TPSA) is 89.9 Å². The molecule has 6 heteroatoms. The Morgan fingerprint density at radius 1 is 0.696 bits per heavy atom. The van der Waals surface area contributed by atoms with E-state index in [1.54, 1.807) is 0 Å². The third-order valence-corrected chi connectivity index (χ3v) is 3.42. The van der Waals surface area contributed by atoms with E-state index in [9.17, 15) is 14.4 Å². The van der Waals surface area contributed by atoms with E-state index in [4.69, 9.17) is 14.6 Å². The third kappa shape index (κ3) is 16.6. The fourth-order valence-electron chi connectivity index (χ4n) is 2.12. The Bertz CT molecular complexity index is 340. The Hall–Kier alpha value is -1.59. The van der Waals surface area contributed by atoms with Gasteiger partial charge in [-0.15, -0.1) is 0 Å². The molecule has 0 saturated carbocycles. The summed E-state index contributed by atoms with van der Waals surface area (Å²) >= 11 is 0. The lowest BCUT2D eigenvalue weighted by Gasteiger charge is -2.06. The van der Waals surface area contributed by atoms with Crippen LogP contribution in [-0.4, -0.2) is 29.8 Å². The molecule has 134 valence electrons. The van der Waals surface area contributed by atoms with Crippen molar-refractivity contribution in [3.05, 3.63) is 0 Å². The molecule has 0 spiro atoms.